The Hall–Kier alpha value is -1.62. The Morgan fingerprint density at radius 2 is 1.77 bits per heavy atom. The molecule has 0 saturated carbocycles. The van der Waals surface area contributed by atoms with Gasteiger partial charge >= 0.3 is 8.56 Å². The molecule has 3 nitrogen and oxygen atoms in total. The molecule has 0 fully saturated rings. The number of rotatable bonds is 12. The van der Waals surface area contributed by atoms with Crippen molar-refractivity contribution in [2.24, 2.45) is 0 Å². The second-order valence-electron chi connectivity index (χ2n) is 4.94. The van der Waals surface area contributed by atoms with E-state index in [0.717, 1.165) is 18.4 Å². The van der Waals surface area contributed by atoms with Crippen LogP contribution in [0.3, 0.4) is 0 Å². The molecule has 1 rings (SSSR count). The third-order valence-corrected chi connectivity index (χ3v) is 5.37. The van der Waals surface area contributed by atoms with Gasteiger partial charge in [-0.15, -0.1) is 6.58 Å². The maximum atomic E-state index is 5.89. The molecule has 0 bridgehead atoms. The SMILES string of the molecule is C=COCCCCO[Si](C)(C=C)OCC=Cc1ccccc1. The van der Waals surface area contributed by atoms with Crippen LogP contribution in [0.1, 0.15) is 18.4 Å². The van der Waals surface area contributed by atoms with E-state index in [1.54, 1.807) is 0 Å². The van der Waals surface area contributed by atoms with Gasteiger partial charge in [0.15, 0.2) is 0 Å². The van der Waals surface area contributed by atoms with Crippen molar-refractivity contribution in [1.82, 2.24) is 0 Å². The average molecular weight is 318 g/mol. The van der Waals surface area contributed by atoms with Gasteiger partial charge in [-0.2, -0.15) is 0 Å². The Kier molecular flexibility index (Phi) is 9.22. The van der Waals surface area contributed by atoms with Crippen molar-refractivity contribution in [2.75, 3.05) is 19.8 Å². The largest absolute Gasteiger partial charge is 0.502 e. The molecule has 4 heteroatoms. The van der Waals surface area contributed by atoms with Gasteiger partial charge in [0.05, 0.1) is 19.5 Å². The standard InChI is InChI=1S/C18H26O3Si/c1-4-19-15-9-10-16-20-22(3,5-2)21-17-11-14-18-12-7-6-8-13-18/h4-8,11-14H,1-2,9-10,15-17H2,3H3. The Labute approximate surface area is 135 Å². The van der Waals surface area contributed by atoms with Gasteiger partial charge in [0, 0.05) is 6.61 Å². The van der Waals surface area contributed by atoms with E-state index in [2.05, 4.69) is 25.3 Å². The molecule has 0 heterocycles. The summed E-state index contributed by atoms with van der Waals surface area (Å²) >= 11 is 0. The van der Waals surface area contributed by atoms with Crippen molar-refractivity contribution in [1.29, 1.82) is 0 Å². The lowest BCUT2D eigenvalue weighted by Crippen LogP contribution is -2.37. The first-order chi connectivity index (χ1) is 10.7. The van der Waals surface area contributed by atoms with Crippen LogP contribution in [0.4, 0.5) is 0 Å². The van der Waals surface area contributed by atoms with Crippen LogP contribution in [0, 0.1) is 0 Å². The Morgan fingerprint density at radius 3 is 2.45 bits per heavy atom. The first kappa shape index (κ1) is 18.4. The number of ether oxygens (including phenoxy) is 1. The quantitative estimate of drug-likeness (QED) is 0.323. The number of hydrogen-bond donors (Lipinski definition) is 0. The summed E-state index contributed by atoms with van der Waals surface area (Å²) in [6.07, 6.45) is 7.40. The summed E-state index contributed by atoms with van der Waals surface area (Å²) in [4.78, 5) is 0. The van der Waals surface area contributed by atoms with Crippen LogP contribution >= 0.6 is 0 Å². The smallest absolute Gasteiger partial charge is 0.361 e. The summed E-state index contributed by atoms with van der Waals surface area (Å²) < 4.78 is 16.9. The van der Waals surface area contributed by atoms with Crippen LogP contribution in [0.2, 0.25) is 6.55 Å². The van der Waals surface area contributed by atoms with E-state index in [1.165, 1.54) is 6.26 Å². The van der Waals surface area contributed by atoms with Gasteiger partial charge in [-0.1, -0.05) is 49.1 Å². The van der Waals surface area contributed by atoms with Crippen LogP contribution < -0.4 is 0 Å². The van der Waals surface area contributed by atoms with E-state index in [9.17, 15) is 0 Å². The highest BCUT2D eigenvalue weighted by Gasteiger charge is 2.26. The molecule has 0 aliphatic heterocycles. The van der Waals surface area contributed by atoms with E-state index in [-0.39, 0.29) is 0 Å². The van der Waals surface area contributed by atoms with Crippen molar-refractivity contribution >= 4 is 14.6 Å². The van der Waals surface area contributed by atoms with Crippen LogP contribution in [0.25, 0.3) is 6.08 Å². The zero-order chi connectivity index (χ0) is 16.1. The predicted molar refractivity (Wildman–Crippen MR) is 94.6 cm³/mol. The minimum Gasteiger partial charge on any atom is -0.502 e. The lowest BCUT2D eigenvalue weighted by molar-refractivity contribution is 0.183. The summed E-state index contributed by atoms with van der Waals surface area (Å²) in [7, 11) is -2.28. The molecule has 0 aliphatic rings. The highest BCUT2D eigenvalue weighted by Crippen LogP contribution is 2.10. The van der Waals surface area contributed by atoms with Crippen LogP contribution in [0.5, 0.6) is 0 Å². The van der Waals surface area contributed by atoms with Crippen molar-refractivity contribution in [2.45, 2.75) is 19.4 Å². The zero-order valence-corrected chi connectivity index (χ0v) is 14.4. The van der Waals surface area contributed by atoms with Crippen molar-refractivity contribution < 1.29 is 13.6 Å². The molecule has 0 aliphatic carbocycles. The lowest BCUT2D eigenvalue weighted by Gasteiger charge is -2.22. The Bertz CT molecular complexity index is 459. The first-order valence-corrected chi connectivity index (χ1v) is 9.95. The summed E-state index contributed by atoms with van der Waals surface area (Å²) in [6, 6.07) is 10.2. The highest BCUT2D eigenvalue weighted by molar-refractivity contribution is 6.71. The van der Waals surface area contributed by atoms with Crippen molar-refractivity contribution in [3.63, 3.8) is 0 Å². The monoisotopic (exact) mass is 318 g/mol. The van der Waals surface area contributed by atoms with Crippen LogP contribution in [-0.4, -0.2) is 28.4 Å². The van der Waals surface area contributed by atoms with E-state index in [1.807, 2.05) is 42.6 Å². The molecule has 0 spiro atoms. The second kappa shape index (κ2) is 11.0. The van der Waals surface area contributed by atoms with Gasteiger partial charge in [-0.05, 0) is 30.7 Å². The number of unbranched alkanes of at least 4 members (excludes halogenated alkanes) is 1. The fourth-order valence-corrected chi connectivity index (χ4v) is 3.06. The maximum Gasteiger partial charge on any atom is 0.361 e. The summed E-state index contributed by atoms with van der Waals surface area (Å²) in [5, 5.41) is 0. The minimum atomic E-state index is -2.28. The minimum absolute atomic E-state index is 0.531. The van der Waals surface area contributed by atoms with Crippen LogP contribution in [-0.2, 0) is 13.6 Å². The van der Waals surface area contributed by atoms with E-state index < -0.39 is 8.56 Å². The van der Waals surface area contributed by atoms with Gasteiger partial charge in [0.2, 0.25) is 0 Å². The number of benzene rings is 1. The Morgan fingerprint density at radius 1 is 1.05 bits per heavy atom. The fourth-order valence-electron chi connectivity index (χ4n) is 1.77. The second-order valence-corrected chi connectivity index (χ2v) is 7.95. The summed E-state index contributed by atoms with van der Waals surface area (Å²) in [6.45, 7) is 11.2. The molecule has 1 aromatic carbocycles. The molecule has 0 N–H and O–H groups in total. The molecule has 0 amide bonds. The van der Waals surface area contributed by atoms with Crippen LogP contribution in [0.15, 0.2) is 61.5 Å². The molecule has 0 radical (unpaired) electrons. The molecule has 120 valence electrons. The van der Waals surface area contributed by atoms with Gasteiger partial charge < -0.3 is 13.6 Å². The Balaban J connectivity index is 2.25. The molecule has 0 aromatic heterocycles. The predicted octanol–water partition coefficient (Wildman–Crippen LogP) is 4.47. The maximum absolute atomic E-state index is 5.89. The molecular formula is C18H26O3Si. The van der Waals surface area contributed by atoms with Crippen molar-refractivity contribution in [3.8, 4) is 0 Å². The van der Waals surface area contributed by atoms with E-state index in [4.69, 9.17) is 13.6 Å². The molecule has 0 saturated heterocycles. The number of hydrogen-bond acceptors (Lipinski definition) is 3. The third kappa shape index (κ3) is 7.98. The summed E-state index contributed by atoms with van der Waals surface area (Å²) in [5.74, 6) is 0. The van der Waals surface area contributed by atoms with Gasteiger partial charge in [0.25, 0.3) is 0 Å². The summed E-state index contributed by atoms with van der Waals surface area (Å²) in [5.41, 5.74) is 2.99. The fraction of sp³-hybridized carbons (Fsp3) is 0.333. The first-order valence-electron chi connectivity index (χ1n) is 7.56. The van der Waals surface area contributed by atoms with Crippen molar-refractivity contribution in [3.05, 3.63) is 67.1 Å². The molecule has 22 heavy (non-hydrogen) atoms. The molecule has 1 unspecified atom stereocenters. The lowest BCUT2D eigenvalue weighted by atomic mass is 10.2. The van der Waals surface area contributed by atoms with E-state index in [0.29, 0.717) is 19.8 Å². The van der Waals surface area contributed by atoms with Gasteiger partial charge in [-0.3, -0.25) is 0 Å². The van der Waals surface area contributed by atoms with E-state index >= 15 is 0 Å². The zero-order valence-electron chi connectivity index (χ0n) is 13.4. The average Bonchev–Trinajstić information content (AvgIpc) is 2.56. The van der Waals surface area contributed by atoms with Gasteiger partial charge in [-0.25, -0.2) is 0 Å². The molecule has 1 atom stereocenters. The van der Waals surface area contributed by atoms with Gasteiger partial charge in [0.1, 0.15) is 0 Å². The molecule has 1 aromatic rings. The highest BCUT2D eigenvalue weighted by atomic mass is 28.4. The normalized spacial score (nSPS) is 13.7. The molecular weight excluding hydrogens is 292 g/mol. The third-order valence-electron chi connectivity index (χ3n) is 3.11. The topological polar surface area (TPSA) is 27.7 Å².